The summed E-state index contributed by atoms with van der Waals surface area (Å²) in [6.45, 7) is 4.29. The minimum Gasteiger partial charge on any atom is -0.376 e. The van der Waals surface area contributed by atoms with Gasteiger partial charge in [-0.1, -0.05) is 50.2 Å². The van der Waals surface area contributed by atoms with Crippen molar-refractivity contribution in [3.63, 3.8) is 0 Å². The number of hydrogen-bond donors (Lipinski definition) is 0. The largest absolute Gasteiger partial charge is 0.376 e. The molecule has 0 radical (unpaired) electrons. The average molecular weight is 318 g/mol. The van der Waals surface area contributed by atoms with Crippen molar-refractivity contribution in [1.82, 2.24) is 0 Å². The Morgan fingerprint density at radius 2 is 1.70 bits per heavy atom. The van der Waals surface area contributed by atoms with Crippen molar-refractivity contribution in [2.45, 2.75) is 26.9 Å². The molecule has 2 nitrogen and oxygen atoms in total. The zero-order valence-electron chi connectivity index (χ0n) is 13.3. The van der Waals surface area contributed by atoms with Crippen LogP contribution in [0.5, 0.6) is 0 Å². The zero-order chi connectivity index (χ0) is 16.9. The summed E-state index contributed by atoms with van der Waals surface area (Å²) in [6, 6.07) is 13.2. The van der Waals surface area contributed by atoms with Crippen molar-refractivity contribution in [1.29, 1.82) is 0 Å². The molecular formula is C19H20F2O2. The van der Waals surface area contributed by atoms with Gasteiger partial charge in [0.15, 0.2) is 11.6 Å². The van der Waals surface area contributed by atoms with E-state index in [1.54, 1.807) is 13.8 Å². The summed E-state index contributed by atoms with van der Waals surface area (Å²) >= 11 is 0. The number of benzene rings is 2. The van der Waals surface area contributed by atoms with Crippen molar-refractivity contribution in [2.24, 2.45) is 5.41 Å². The molecule has 0 amide bonds. The lowest BCUT2D eigenvalue weighted by molar-refractivity contribution is -0.129. The molecule has 0 fully saturated rings. The van der Waals surface area contributed by atoms with Crippen LogP contribution in [0.4, 0.5) is 8.78 Å². The highest BCUT2D eigenvalue weighted by molar-refractivity contribution is 5.86. The number of carbonyl (C=O) groups excluding carboxylic acids is 1. The molecule has 0 aliphatic rings. The molecule has 4 heteroatoms. The molecule has 0 bridgehead atoms. The van der Waals surface area contributed by atoms with Gasteiger partial charge < -0.3 is 4.74 Å². The number of carbonyl (C=O) groups is 1. The molecule has 0 aliphatic carbocycles. The van der Waals surface area contributed by atoms with Crippen LogP contribution in [0.15, 0.2) is 48.5 Å². The molecule has 2 aromatic rings. The van der Waals surface area contributed by atoms with E-state index in [9.17, 15) is 13.6 Å². The molecule has 0 aliphatic heterocycles. The number of halogens is 2. The van der Waals surface area contributed by atoms with Gasteiger partial charge in [-0.3, -0.25) is 4.79 Å². The number of hydrogen-bond acceptors (Lipinski definition) is 2. The summed E-state index contributed by atoms with van der Waals surface area (Å²) in [5, 5.41) is 0. The standard InChI is InChI=1S/C19H20F2O2/c1-19(2,13-23-12-14-6-4-3-5-7-14)18(22)11-15-8-9-16(20)17(21)10-15/h3-10H,11-13H2,1-2H3. The van der Waals surface area contributed by atoms with Gasteiger partial charge in [0.25, 0.3) is 0 Å². The van der Waals surface area contributed by atoms with Crippen LogP contribution in [0.2, 0.25) is 0 Å². The molecule has 0 aromatic heterocycles. The minimum atomic E-state index is -0.937. The molecule has 23 heavy (non-hydrogen) atoms. The third-order valence-corrected chi connectivity index (χ3v) is 3.68. The molecule has 0 unspecified atom stereocenters. The maximum atomic E-state index is 13.2. The summed E-state index contributed by atoms with van der Waals surface area (Å²) in [4.78, 5) is 12.4. The fourth-order valence-corrected chi connectivity index (χ4v) is 2.15. The third-order valence-electron chi connectivity index (χ3n) is 3.68. The maximum Gasteiger partial charge on any atom is 0.159 e. The molecule has 0 atom stereocenters. The van der Waals surface area contributed by atoms with Gasteiger partial charge in [-0.15, -0.1) is 0 Å². The van der Waals surface area contributed by atoms with E-state index in [0.29, 0.717) is 12.2 Å². The van der Waals surface area contributed by atoms with Gasteiger partial charge >= 0.3 is 0 Å². The summed E-state index contributed by atoms with van der Waals surface area (Å²) < 4.78 is 31.8. The lowest BCUT2D eigenvalue weighted by Crippen LogP contribution is -2.31. The Labute approximate surface area is 135 Å². The van der Waals surface area contributed by atoms with Gasteiger partial charge in [-0.2, -0.15) is 0 Å². The van der Waals surface area contributed by atoms with E-state index in [1.807, 2.05) is 30.3 Å². The Morgan fingerprint density at radius 3 is 2.35 bits per heavy atom. The zero-order valence-corrected chi connectivity index (χ0v) is 13.3. The predicted molar refractivity (Wildman–Crippen MR) is 84.9 cm³/mol. The lowest BCUT2D eigenvalue weighted by Gasteiger charge is -2.23. The van der Waals surface area contributed by atoms with Crippen LogP contribution in [0.3, 0.4) is 0 Å². The van der Waals surface area contributed by atoms with Crippen molar-refractivity contribution >= 4 is 5.78 Å². The van der Waals surface area contributed by atoms with Crippen LogP contribution in [0.1, 0.15) is 25.0 Å². The number of rotatable bonds is 7. The monoisotopic (exact) mass is 318 g/mol. The van der Waals surface area contributed by atoms with E-state index in [2.05, 4.69) is 0 Å². The molecule has 122 valence electrons. The molecule has 0 saturated carbocycles. The van der Waals surface area contributed by atoms with E-state index in [0.717, 1.165) is 17.7 Å². The summed E-state index contributed by atoms with van der Waals surface area (Å²) in [6.07, 6.45) is 0.0545. The smallest absolute Gasteiger partial charge is 0.159 e. The Kier molecular flexibility index (Phi) is 5.61. The second kappa shape index (κ2) is 7.47. The minimum absolute atomic E-state index is 0.0545. The second-order valence-corrected chi connectivity index (χ2v) is 6.21. The van der Waals surface area contributed by atoms with Crippen LogP contribution in [-0.2, 0) is 22.6 Å². The van der Waals surface area contributed by atoms with E-state index in [-0.39, 0.29) is 18.8 Å². The van der Waals surface area contributed by atoms with Gasteiger partial charge in [-0.25, -0.2) is 8.78 Å². The first-order valence-electron chi connectivity index (χ1n) is 7.47. The molecular weight excluding hydrogens is 298 g/mol. The van der Waals surface area contributed by atoms with E-state index >= 15 is 0 Å². The van der Waals surface area contributed by atoms with Gasteiger partial charge in [0.05, 0.1) is 13.2 Å². The van der Waals surface area contributed by atoms with Crippen LogP contribution in [-0.4, -0.2) is 12.4 Å². The van der Waals surface area contributed by atoms with Crippen LogP contribution in [0, 0.1) is 17.0 Å². The van der Waals surface area contributed by atoms with E-state index in [1.165, 1.54) is 6.07 Å². The Morgan fingerprint density at radius 1 is 1.00 bits per heavy atom. The van der Waals surface area contributed by atoms with Gasteiger partial charge in [0.1, 0.15) is 5.78 Å². The van der Waals surface area contributed by atoms with Crippen molar-refractivity contribution in [2.75, 3.05) is 6.61 Å². The highest BCUT2D eigenvalue weighted by Gasteiger charge is 2.27. The SMILES string of the molecule is CC(C)(COCc1ccccc1)C(=O)Cc1ccc(F)c(F)c1. The fourth-order valence-electron chi connectivity index (χ4n) is 2.15. The van der Waals surface area contributed by atoms with Crippen molar-refractivity contribution in [3.8, 4) is 0 Å². The number of ether oxygens (including phenoxy) is 1. The third kappa shape index (κ3) is 4.96. The molecule has 0 spiro atoms. The molecule has 0 saturated heterocycles. The fraction of sp³-hybridized carbons (Fsp3) is 0.316. The summed E-state index contributed by atoms with van der Waals surface area (Å²) in [7, 11) is 0. The van der Waals surface area contributed by atoms with Gasteiger partial charge in [0, 0.05) is 11.8 Å². The highest BCUT2D eigenvalue weighted by atomic mass is 19.2. The van der Waals surface area contributed by atoms with E-state index in [4.69, 9.17) is 4.74 Å². The number of ketones is 1. The summed E-state index contributed by atoms with van der Waals surface area (Å²) in [5.41, 5.74) is 0.806. The molecule has 0 N–H and O–H groups in total. The Bertz CT molecular complexity index is 666. The molecule has 0 heterocycles. The van der Waals surface area contributed by atoms with Crippen LogP contribution >= 0.6 is 0 Å². The quantitative estimate of drug-likeness (QED) is 0.760. The second-order valence-electron chi connectivity index (χ2n) is 6.21. The number of Topliss-reactive ketones (excluding diaryl/α,β-unsaturated/α-hetero) is 1. The molecule has 2 rings (SSSR count). The predicted octanol–water partition coefficient (Wildman–Crippen LogP) is 4.32. The first kappa shape index (κ1) is 17.3. The van der Waals surface area contributed by atoms with Crippen LogP contribution in [0.25, 0.3) is 0 Å². The van der Waals surface area contributed by atoms with Crippen molar-refractivity contribution < 1.29 is 18.3 Å². The first-order valence-corrected chi connectivity index (χ1v) is 7.47. The van der Waals surface area contributed by atoms with E-state index < -0.39 is 17.0 Å². The lowest BCUT2D eigenvalue weighted by atomic mass is 9.85. The maximum absolute atomic E-state index is 13.2. The Balaban J connectivity index is 1.90. The normalized spacial score (nSPS) is 11.5. The molecule has 2 aromatic carbocycles. The van der Waals surface area contributed by atoms with Crippen LogP contribution < -0.4 is 0 Å². The Hall–Kier alpha value is -2.07. The summed E-state index contributed by atoms with van der Waals surface area (Å²) in [5.74, 6) is -1.92. The first-order chi connectivity index (χ1) is 10.9. The van der Waals surface area contributed by atoms with Gasteiger partial charge in [-0.05, 0) is 23.3 Å². The highest BCUT2D eigenvalue weighted by Crippen LogP contribution is 2.21. The average Bonchev–Trinajstić information content (AvgIpc) is 2.52. The topological polar surface area (TPSA) is 26.3 Å². The van der Waals surface area contributed by atoms with Crippen molar-refractivity contribution in [3.05, 3.63) is 71.3 Å². The van der Waals surface area contributed by atoms with Gasteiger partial charge in [0.2, 0.25) is 0 Å².